The summed E-state index contributed by atoms with van der Waals surface area (Å²) >= 11 is 4.85. The molecule has 0 amide bonds. The summed E-state index contributed by atoms with van der Waals surface area (Å²) in [5.41, 5.74) is 0. The molecule has 0 unspecified atom stereocenters. The van der Waals surface area contributed by atoms with Gasteiger partial charge in [0.15, 0.2) is 11.6 Å². The van der Waals surface area contributed by atoms with E-state index in [-0.39, 0.29) is 11.6 Å². The monoisotopic (exact) mass is 388 g/mol. The summed E-state index contributed by atoms with van der Waals surface area (Å²) in [4.78, 5) is 30.3. The van der Waals surface area contributed by atoms with Crippen LogP contribution in [0.3, 0.4) is 0 Å². The molecule has 0 saturated carbocycles. The summed E-state index contributed by atoms with van der Waals surface area (Å²) in [6.45, 7) is 4.05. The number of ketones is 2. The van der Waals surface area contributed by atoms with E-state index in [1.54, 1.807) is 34.0 Å². The van der Waals surface area contributed by atoms with Crippen LogP contribution in [0.5, 0.6) is 0 Å². The largest absolute Gasteiger partial charge is 0.293 e. The highest BCUT2D eigenvalue weighted by Gasteiger charge is 2.14. The number of hydrogen-bond donors (Lipinski definition) is 0. The molecule has 0 aliphatic rings. The lowest BCUT2D eigenvalue weighted by atomic mass is 10.2. The summed E-state index contributed by atoms with van der Waals surface area (Å²) in [5.74, 6) is 0.459. The molecule has 0 radical (unpaired) electrons. The fourth-order valence-electron chi connectivity index (χ4n) is 2.54. The SMILES string of the molecule is CCCC(=O)c1ccc(-c2ccc(-c3ccc(C(=O)CCC)s3)s2)s1. The van der Waals surface area contributed by atoms with Crippen LogP contribution in [-0.4, -0.2) is 11.6 Å². The standard InChI is InChI=1S/C20H20O2S3/c1-3-5-13(21)15-7-9-17(23-15)19-11-12-20(25-19)18-10-8-16(24-18)14(22)6-4-2/h7-12H,3-6H2,1-2H3. The molecular weight excluding hydrogens is 368 g/mol. The van der Waals surface area contributed by atoms with Gasteiger partial charge in [-0.25, -0.2) is 0 Å². The Bertz CT molecular complexity index is 812. The molecule has 25 heavy (non-hydrogen) atoms. The van der Waals surface area contributed by atoms with Gasteiger partial charge in [-0.05, 0) is 49.2 Å². The molecular formula is C20H20O2S3. The van der Waals surface area contributed by atoms with E-state index in [2.05, 4.69) is 12.1 Å². The number of carbonyl (C=O) groups excluding carboxylic acids is 2. The molecule has 0 saturated heterocycles. The summed E-state index contributed by atoms with van der Waals surface area (Å²) < 4.78 is 0. The van der Waals surface area contributed by atoms with Crippen LogP contribution in [0.25, 0.3) is 19.5 Å². The normalized spacial score (nSPS) is 11.0. The zero-order valence-electron chi connectivity index (χ0n) is 14.3. The van der Waals surface area contributed by atoms with E-state index in [1.807, 2.05) is 38.1 Å². The van der Waals surface area contributed by atoms with Gasteiger partial charge < -0.3 is 0 Å². The van der Waals surface area contributed by atoms with Crippen molar-refractivity contribution in [3.05, 3.63) is 46.2 Å². The fourth-order valence-corrected chi connectivity index (χ4v) is 5.68. The van der Waals surface area contributed by atoms with Crippen LogP contribution in [0, 0.1) is 0 Å². The summed E-state index contributed by atoms with van der Waals surface area (Å²) in [5, 5.41) is 0. The molecule has 0 atom stereocenters. The first-order valence-corrected chi connectivity index (χ1v) is 10.9. The molecule has 3 rings (SSSR count). The van der Waals surface area contributed by atoms with Crippen molar-refractivity contribution in [3.63, 3.8) is 0 Å². The van der Waals surface area contributed by atoms with Crippen molar-refractivity contribution in [2.45, 2.75) is 39.5 Å². The number of Topliss-reactive ketones (excluding diaryl/α,β-unsaturated/α-hetero) is 2. The Morgan fingerprint density at radius 1 is 0.640 bits per heavy atom. The van der Waals surface area contributed by atoms with Crippen molar-refractivity contribution in [3.8, 4) is 19.5 Å². The molecule has 0 aliphatic carbocycles. The van der Waals surface area contributed by atoms with Crippen molar-refractivity contribution in [2.75, 3.05) is 0 Å². The first-order chi connectivity index (χ1) is 12.1. The predicted molar refractivity (Wildman–Crippen MR) is 109 cm³/mol. The zero-order valence-corrected chi connectivity index (χ0v) is 16.8. The maximum Gasteiger partial charge on any atom is 0.172 e. The van der Waals surface area contributed by atoms with Gasteiger partial charge in [-0.1, -0.05) is 13.8 Å². The van der Waals surface area contributed by atoms with Gasteiger partial charge in [0.2, 0.25) is 0 Å². The highest BCUT2D eigenvalue weighted by atomic mass is 32.1. The Hall–Kier alpha value is -1.56. The zero-order chi connectivity index (χ0) is 17.8. The molecule has 0 N–H and O–H groups in total. The van der Waals surface area contributed by atoms with Gasteiger partial charge in [-0.15, -0.1) is 34.0 Å². The number of carbonyl (C=O) groups is 2. The quantitative estimate of drug-likeness (QED) is 0.383. The van der Waals surface area contributed by atoms with Crippen LogP contribution in [-0.2, 0) is 0 Å². The maximum atomic E-state index is 12.0. The molecule has 3 aromatic rings. The third-order valence-corrected chi connectivity index (χ3v) is 7.54. The lowest BCUT2D eigenvalue weighted by molar-refractivity contribution is 0.0977. The molecule has 0 aliphatic heterocycles. The van der Waals surface area contributed by atoms with Gasteiger partial charge in [-0.3, -0.25) is 9.59 Å². The Kier molecular flexibility index (Phi) is 5.99. The van der Waals surface area contributed by atoms with Gasteiger partial charge in [-0.2, -0.15) is 0 Å². The molecule has 0 spiro atoms. The summed E-state index contributed by atoms with van der Waals surface area (Å²) in [6, 6.07) is 12.1. The topological polar surface area (TPSA) is 34.1 Å². The highest BCUT2D eigenvalue weighted by molar-refractivity contribution is 7.27. The molecule has 3 aromatic heterocycles. The lowest BCUT2D eigenvalue weighted by Gasteiger charge is -1.94. The van der Waals surface area contributed by atoms with Gasteiger partial charge in [0.1, 0.15) is 0 Å². The van der Waals surface area contributed by atoms with E-state index >= 15 is 0 Å². The molecule has 0 aromatic carbocycles. The summed E-state index contributed by atoms with van der Waals surface area (Å²) in [7, 11) is 0. The van der Waals surface area contributed by atoms with Crippen molar-refractivity contribution >= 4 is 45.6 Å². The first kappa shape index (κ1) is 18.2. The van der Waals surface area contributed by atoms with E-state index < -0.39 is 0 Å². The minimum atomic E-state index is 0.230. The van der Waals surface area contributed by atoms with Crippen LogP contribution in [0.2, 0.25) is 0 Å². The second-order valence-electron chi connectivity index (χ2n) is 5.84. The average Bonchev–Trinajstić information content (AvgIpc) is 3.33. The van der Waals surface area contributed by atoms with Crippen molar-refractivity contribution in [2.24, 2.45) is 0 Å². The molecule has 2 nitrogen and oxygen atoms in total. The minimum Gasteiger partial charge on any atom is -0.293 e. The van der Waals surface area contributed by atoms with Crippen LogP contribution >= 0.6 is 34.0 Å². The van der Waals surface area contributed by atoms with E-state index in [1.165, 1.54) is 9.75 Å². The van der Waals surface area contributed by atoms with Gasteiger partial charge in [0, 0.05) is 32.4 Å². The maximum absolute atomic E-state index is 12.0. The Morgan fingerprint density at radius 3 is 1.40 bits per heavy atom. The van der Waals surface area contributed by atoms with Crippen LogP contribution in [0.1, 0.15) is 58.9 Å². The van der Waals surface area contributed by atoms with Crippen molar-refractivity contribution in [1.82, 2.24) is 0 Å². The van der Waals surface area contributed by atoms with Crippen LogP contribution < -0.4 is 0 Å². The average molecular weight is 389 g/mol. The van der Waals surface area contributed by atoms with E-state index in [4.69, 9.17) is 0 Å². The van der Waals surface area contributed by atoms with Gasteiger partial charge in [0.05, 0.1) is 9.75 Å². The fraction of sp³-hybridized carbons (Fsp3) is 0.300. The lowest BCUT2D eigenvalue weighted by Crippen LogP contribution is -1.93. The number of rotatable bonds is 8. The Labute approximate surface area is 160 Å². The van der Waals surface area contributed by atoms with E-state index in [9.17, 15) is 9.59 Å². The van der Waals surface area contributed by atoms with E-state index in [0.717, 1.165) is 32.4 Å². The van der Waals surface area contributed by atoms with Crippen LogP contribution in [0.4, 0.5) is 0 Å². The molecule has 3 heterocycles. The van der Waals surface area contributed by atoms with E-state index in [0.29, 0.717) is 12.8 Å². The van der Waals surface area contributed by atoms with Gasteiger partial charge in [0.25, 0.3) is 0 Å². The Balaban J connectivity index is 1.79. The molecule has 0 bridgehead atoms. The molecule has 130 valence electrons. The Morgan fingerprint density at radius 2 is 1.00 bits per heavy atom. The summed E-state index contributed by atoms with van der Waals surface area (Å²) in [6.07, 6.45) is 2.98. The van der Waals surface area contributed by atoms with Gasteiger partial charge >= 0.3 is 0 Å². The molecule has 5 heteroatoms. The highest BCUT2D eigenvalue weighted by Crippen LogP contribution is 2.40. The number of thiophene rings is 3. The minimum absolute atomic E-state index is 0.230. The van der Waals surface area contributed by atoms with Crippen molar-refractivity contribution in [1.29, 1.82) is 0 Å². The van der Waals surface area contributed by atoms with Crippen LogP contribution in [0.15, 0.2) is 36.4 Å². The van der Waals surface area contributed by atoms with Crippen molar-refractivity contribution < 1.29 is 9.59 Å². The smallest absolute Gasteiger partial charge is 0.172 e. The second-order valence-corrected chi connectivity index (χ2v) is 9.09. The first-order valence-electron chi connectivity index (χ1n) is 8.49. The third-order valence-electron chi connectivity index (χ3n) is 3.81. The number of hydrogen-bond acceptors (Lipinski definition) is 5. The second kappa shape index (κ2) is 8.21. The third kappa shape index (κ3) is 4.17. The molecule has 0 fully saturated rings. The predicted octanol–water partition coefficient (Wildman–Crippen LogP) is 7.17.